The highest BCUT2D eigenvalue weighted by Gasteiger charge is 2.42. The van der Waals surface area contributed by atoms with Gasteiger partial charge in [-0.05, 0) is 56.2 Å². The van der Waals surface area contributed by atoms with Gasteiger partial charge < -0.3 is 15.5 Å². The van der Waals surface area contributed by atoms with Crippen molar-refractivity contribution in [3.05, 3.63) is 35.6 Å². The Kier molecular flexibility index (Phi) is 7.13. The third-order valence-corrected chi connectivity index (χ3v) is 7.57. The number of piperidine rings is 1. The summed E-state index contributed by atoms with van der Waals surface area (Å²) in [6.07, 6.45) is 12.0. The number of nitrogens with one attached hydrogen (secondary N) is 2. The molecule has 0 aromatic heterocycles. The zero-order chi connectivity index (χ0) is 21.7. The predicted molar refractivity (Wildman–Crippen MR) is 119 cm³/mol. The molecule has 0 atom stereocenters. The highest BCUT2D eigenvalue weighted by Crippen LogP contribution is 2.40. The largest absolute Gasteiger partial charge is 0.352 e. The summed E-state index contributed by atoms with van der Waals surface area (Å²) in [5, 5.41) is 6.46. The lowest BCUT2D eigenvalue weighted by Crippen LogP contribution is -2.54. The van der Waals surface area contributed by atoms with Crippen LogP contribution < -0.4 is 10.6 Å². The number of urea groups is 1. The SMILES string of the molecule is O=C(NC1CCCCC1)N1CCC(NC(=O)C2(c3cccc(F)c3)CCCCC2)CC1. The van der Waals surface area contributed by atoms with Gasteiger partial charge in [0.15, 0.2) is 0 Å². The molecule has 6 heteroatoms. The molecule has 5 nitrogen and oxygen atoms in total. The van der Waals surface area contributed by atoms with Gasteiger partial charge >= 0.3 is 6.03 Å². The van der Waals surface area contributed by atoms with Crippen LogP contribution in [0, 0.1) is 5.82 Å². The number of rotatable bonds is 4. The fourth-order valence-corrected chi connectivity index (χ4v) is 5.65. The summed E-state index contributed by atoms with van der Waals surface area (Å²) >= 11 is 0. The molecule has 1 aromatic carbocycles. The second-order valence-electron chi connectivity index (χ2n) is 9.67. The van der Waals surface area contributed by atoms with E-state index in [1.807, 2.05) is 11.0 Å². The first-order valence-corrected chi connectivity index (χ1v) is 12.2. The van der Waals surface area contributed by atoms with Crippen LogP contribution in [0.15, 0.2) is 24.3 Å². The first-order valence-electron chi connectivity index (χ1n) is 12.2. The van der Waals surface area contributed by atoms with E-state index in [4.69, 9.17) is 0 Å². The molecule has 0 unspecified atom stereocenters. The maximum atomic E-state index is 13.9. The number of amides is 3. The Hall–Kier alpha value is -2.11. The van der Waals surface area contributed by atoms with E-state index in [-0.39, 0.29) is 23.8 Å². The summed E-state index contributed by atoms with van der Waals surface area (Å²) in [4.78, 5) is 27.9. The van der Waals surface area contributed by atoms with Crippen molar-refractivity contribution in [2.75, 3.05) is 13.1 Å². The number of carbonyl (C=O) groups is 2. The Balaban J connectivity index is 1.33. The number of hydrogen-bond acceptors (Lipinski definition) is 2. The monoisotopic (exact) mass is 429 g/mol. The van der Waals surface area contributed by atoms with Crippen LogP contribution in [0.1, 0.15) is 82.6 Å². The van der Waals surface area contributed by atoms with Crippen LogP contribution in [0.4, 0.5) is 9.18 Å². The van der Waals surface area contributed by atoms with E-state index in [2.05, 4.69) is 10.6 Å². The van der Waals surface area contributed by atoms with Gasteiger partial charge in [0.2, 0.25) is 5.91 Å². The molecule has 170 valence electrons. The zero-order valence-corrected chi connectivity index (χ0v) is 18.5. The Bertz CT molecular complexity index is 764. The molecule has 4 rings (SSSR count). The lowest BCUT2D eigenvalue weighted by Gasteiger charge is -2.39. The van der Waals surface area contributed by atoms with Crippen LogP contribution >= 0.6 is 0 Å². The summed E-state index contributed by atoms with van der Waals surface area (Å²) in [7, 11) is 0. The maximum Gasteiger partial charge on any atom is 0.317 e. The molecule has 3 aliphatic rings. The van der Waals surface area contributed by atoms with Crippen LogP contribution in [0.25, 0.3) is 0 Å². The van der Waals surface area contributed by atoms with Gasteiger partial charge in [-0.3, -0.25) is 4.79 Å². The van der Waals surface area contributed by atoms with Crippen LogP contribution in [0.3, 0.4) is 0 Å². The normalized spacial score (nSPS) is 22.7. The van der Waals surface area contributed by atoms with E-state index in [1.165, 1.54) is 31.4 Å². The number of hydrogen-bond donors (Lipinski definition) is 2. The molecule has 3 fully saturated rings. The molecule has 31 heavy (non-hydrogen) atoms. The summed E-state index contributed by atoms with van der Waals surface area (Å²) in [5.41, 5.74) is 0.171. The molecular formula is C25H36FN3O2. The lowest BCUT2D eigenvalue weighted by atomic mass is 9.68. The van der Waals surface area contributed by atoms with E-state index < -0.39 is 5.41 Å². The summed E-state index contributed by atoms with van der Waals surface area (Å²) in [6, 6.07) is 6.99. The van der Waals surface area contributed by atoms with Crippen molar-refractivity contribution >= 4 is 11.9 Å². The van der Waals surface area contributed by atoms with Crippen molar-refractivity contribution < 1.29 is 14.0 Å². The summed E-state index contributed by atoms with van der Waals surface area (Å²) in [6.45, 7) is 1.33. The van der Waals surface area contributed by atoms with Gasteiger partial charge in [-0.2, -0.15) is 0 Å². The number of benzene rings is 1. The fraction of sp³-hybridized carbons (Fsp3) is 0.680. The number of carbonyl (C=O) groups excluding carboxylic acids is 2. The lowest BCUT2D eigenvalue weighted by molar-refractivity contribution is -0.129. The van der Waals surface area contributed by atoms with E-state index in [1.54, 1.807) is 6.07 Å². The first kappa shape index (κ1) is 22.1. The number of halogens is 1. The minimum Gasteiger partial charge on any atom is -0.352 e. The van der Waals surface area contributed by atoms with Crippen molar-refractivity contribution in [1.82, 2.24) is 15.5 Å². The van der Waals surface area contributed by atoms with Crippen LogP contribution in [0.5, 0.6) is 0 Å². The number of nitrogens with zero attached hydrogens (tertiary/aromatic N) is 1. The van der Waals surface area contributed by atoms with Gasteiger partial charge in [0.1, 0.15) is 5.82 Å². The van der Waals surface area contributed by atoms with Gasteiger partial charge in [-0.1, -0.05) is 50.7 Å². The summed E-state index contributed by atoms with van der Waals surface area (Å²) < 4.78 is 13.9. The molecule has 2 N–H and O–H groups in total. The zero-order valence-electron chi connectivity index (χ0n) is 18.5. The van der Waals surface area contributed by atoms with Gasteiger partial charge in [-0.25, -0.2) is 9.18 Å². The van der Waals surface area contributed by atoms with Crippen LogP contribution in [-0.2, 0) is 10.2 Å². The van der Waals surface area contributed by atoms with Crippen molar-refractivity contribution in [1.29, 1.82) is 0 Å². The van der Waals surface area contributed by atoms with Crippen molar-refractivity contribution in [3.63, 3.8) is 0 Å². The minimum absolute atomic E-state index is 0.0305. The Morgan fingerprint density at radius 2 is 1.52 bits per heavy atom. The van der Waals surface area contributed by atoms with Gasteiger partial charge in [0, 0.05) is 25.2 Å². The molecule has 1 heterocycles. The predicted octanol–water partition coefficient (Wildman–Crippen LogP) is 4.65. The molecule has 0 spiro atoms. The molecule has 3 amide bonds. The molecule has 1 saturated heterocycles. The molecule has 0 radical (unpaired) electrons. The van der Waals surface area contributed by atoms with E-state index in [0.29, 0.717) is 19.1 Å². The highest BCUT2D eigenvalue weighted by molar-refractivity contribution is 5.88. The van der Waals surface area contributed by atoms with Crippen LogP contribution in [-0.4, -0.2) is 42.0 Å². The third-order valence-electron chi connectivity index (χ3n) is 7.57. The second kappa shape index (κ2) is 10.0. The molecule has 2 saturated carbocycles. The van der Waals surface area contributed by atoms with Crippen molar-refractivity contribution in [2.45, 2.75) is 94.5 Å². The topological polar surface area (TPSA) is 61.4 Å². The van der Waals surface area contributed by atoms with E-state index in [9.17, 15) is 14.0 Å². The van der Waals surface area contributed by atoms with Gasteiger partial charge in [-0.15, -0.1) is 0 Å². The molecule has 2 aliphatic carbocycles. The van der Waals surface area contributed by atoms with Gasteiger partial charge in [0.25, 0.3) is 0 Å². The first-order chi connectivity index (χ1) is 15.1. The third kappa shape index (κ3) is 5.21. The molecular weight excluding hydrogens is 393 g/mol. The minimum atomic E-state index is -0.629. The standard InChI is InChI=1S/C25H36FN3O2/c26-20-9-7-8-19(18-20)25(14-5-2-6-15-25)23(30)27-22-12-16-29(17-13-22)24(31)28-21-10-3-1-4-11-21/h7-9,18,21-22H,1-6,10-17H2,(H,27,30)(H,28,31). The van der Waals surface area contributed by atoms with E-state index >= 15 is 0 Å². The molecule has 1 aliphatic heterocycles. The second-order valence-corrected chi connectivity index (χ2v) is 9.67. The van der Waals surface area contributed by atoms with E-state index in [0.717, 1.165) is 63.4 Å². The maximum absolute atomic E-state index is 13.9. The fourth-order valence-electron chi connectivity index (χ4n) is 5.65. The van der Waals surface area contributed by atoms with Crippen LogP contribution in [0.2, 0.25) is 0 Å². The Morgan fingerprint density at radius 1 is 0.871 bits per heavy atom. The highest BCUT2D eigenvalue weighted by atomic mass is 19.1. The molecule has 1 aromatic rings. The van der Waals surface area contributed by atoms with Gasteiger partial charge in [0.05, 0.1) is 5.41 Å². The van der Waals surface area contributed by atoms with Crippen molar-refractivity contribution in [2.24, 2.45) is 0 Å². The average Bonchev–Trinajstić information content (AvgIpc) is 2.80. The molecule has 0 bridgehead atoms. The number of likely N-dealkylation sites (tertiary alicyclic amines) is 1. The smallest absolute Gasteiger partial charge is 0.317 e. The quantitative estimate of drug-likeness (QED) is 0.732. The Morgan fingerprint density at radius 3 is 2.19 bits per heavy atom. The van der Waals surface area contributed by atoms with Crippen molar-refractivity contribution in [3.8, 4) is 0 Å². The average molecular weight is 430 g/mol. The summed E-state index contributed by atoms with van der Waals surface area (Å²) in [5.74, 6) is -0.254. The Labute approximate surface area is 185 Å².